The van der Waals surface area contributed by atoms with E-state index >= 15 is 0 Å². The number of likely N-dealkylation sites (tertiary alicyclic amines) is 1. The molecule has 2 atom stereocenters. The number of piperidine rings is 1. The van der Waals surface area contributed by atoms with Crippen molar-refractivity contribution in [3.8, 4) is 0 Å². The summed E-state index contributed by atoms with van der Waals surface area (Å²) in [5, 5.41) is 16.2. The lowest BCUT2D eigenvalue weighted by atomic mass is 9.91. The lowest BCUT2D eigenvalue weighted by Crippen LogP contribution is -2.42. The maximum atomic E-state index is 12.8. The third-order valence-electron chi connectivity index (χ3n) is 4.60. The second kappa shape index (κ2) is 7.08. The molecule has 1 aliphatic heterocycles. The molecule has 1 fully saturated rings. The van der Waals surface area contributed by atoms with Crippen molar-refractivity contribution in [2.24, 2.45) is 5.92 Å². The van der Waals surface area contributed by atoms with Gasteiger partial charge in [0.2, 0.25) is 5.91 Å². The van der Waals surface area contributed by atoms with E-state index in [1.54, 1.807) is 4.90 Å². The molecule has 8 nitrogen and oxygen atoms in total. The number of carboxylic acid groups (broad SMARTS) is 1. The van der Waals surface area contributed by atoms with Gasteiger partial charge in [-0.3, -0.25) is 4.79 Å². The number of carbonyl (C=O) groups is 2. The number of hydrogen-bond acceptors (Lipinski definition) is 5. The number of nitrogens with zero attached hydrogens (tertiary/aromatic N) is 4. The lowest BCUT2D eigenvalue weighted by molar-refractivity contribution is -0.137. The number of aryl methyl sites for hydroxylation is 1. The minimum Gasteiger partial charge on any atom is -0.476 e. The number of aromatic carboxylic acids is 1. The molecule has 3 rings (SSSR count). The Labute approximate surface area is 145 Å². The molecule has 134 valence electrons. The van der Waals surface area contributed by atoms with Crippen molar-refractivity contribution in [3.05, 3.63) is 35.5 Å². The third kappa shape index (κ3) is 3.72. The minimum absolute atomic E-state index is 0.0352. The van der Waals surface area contributed by atoms with Crippen LogP contribution in [-0.2, 0) is 17.8 Å². The van der Waals surface area contributed by atoms with Crippen molar-refractivity contribution in [1.29, 1.82) is 0 Å². The molecule has 1 N–H and O–H groups in total. The molecule has 25 heavy (non-hydrogen) atoms. The van der Waals surface area contributed by atoms with E-state index in [-0.39, 0.29) is 24.2 Å². The van der Waals surface area contributed by atoms with E-state index < -0.39 is 5.97 Å². The standard InChI is InChI=1S/C17H22N4O4/c1-3-12-4-5-15(25-12)14-8-11(2)6-7-21(14)16(22)10-20-9-13(17(23)24)18-19-20/h4-5,9,11,14H,3,6-8,10H2,1-2H3,(H,23,24)/t11-,14-/m0/s1. The summed E-state index contributed by atoms with van der Waals surface area (Å²) in [6.45, 7) is 4.81. The van der Waals surface area contributed by atoms with Crippen molar-refractivity contribution in [1.82, 2.24) is 19.9 Å². The van der Waals surface area contributed by atoms with Crippen molar-refractivity contribution in [2.45, 2.75) is 45.7 Å². The first-order valence-electron chi connectivity index (χ1n) is 8.49. The van der Waals surface area contributed by atoms with E-state index in [0.717, 1.165) is 30.8 Å². The predicted molar refractivity (Wildman–Crippen MR) is 87.9 cm³/mol. The molecule has 1 saturated heterocycles. The van der Waals surface area contributed by atoms with Crippen molar-refractivity contribution >= 4 is 11.9 Å². The van der Waals surface area contributed by atoms with Crippen LogP contribution in [0, 0.1) is 5.92 Å². The van der Waals surface area contributed by atoms with Crippen LogP contribution in [0.3, 0.4) is 0 Å². The topological polar surface area (TPSA) is 101 Å². The van der Waals surface area contributed by atoms with Gasteiger partial charge in [0, 0.05) is 13.0 Å². The molecule has 1 aliphatic rings. The molecule has 2 aromatic heterocycles. The Kier molecular flexibility index (Phi) is 4.87. The molecule has 1 amide bonds. The van der Waals surface area contributed by atoms with Crippen molar-refractivity contribution < 1.29 is 19.1 Å². The summed E-state index contributed by atoms with van der Waals surface area (Å²) >= 11 is 0. The zero-order valence-electron chi connectivity index (χ0n) is 14.4. The molecular formula is C17H22N4O4. The smallest absolute Gasteiger partial charge is 0.358 e. The van der Waals surface area contributed by atoms with Gasteiger partial charge in [-0.05, 0) is 30.9 Å². The number of hydrogen-bond donors (Lipinski definition) is 1. The number of amides is 1. The molecule has 0 aliphatic carbocycles. The highest BCUT2D eigenvalue weighted by molar-refractivity contribution is 5.84. The first-order valence-corrected chi connectivity index (χ1v) is 8.49. The molecule has 8 heteroatoms. The molecule has 0 saturated carbocycles. The minimum atomic E-state index is -1.16. The van der Waals surface area contributed by atoms with Crippen LogP contribution in [0.15, 0.2) is 22.7 Å². The lowest BCUT2D eigenvalue weighted by Gasteiger charge is -2.37. The van der Waals surface area contributed by atoms with E-state index in [9.17, 15) is 9.59 Å². The normalized spacial score (nSPS) is 20.6. The van der Waals surface area contributed by atoms with Crippen LogP contribution in [0.25, 0.3) is 0 Å². The molecule has 0 radical (unpaired) electrons. The Hall–Kier alpha value is -2.64. The summed E-state index contributed by atoms with van der Waals surface area (Å²) in [4.78, 5) is 25.4. The zero-order valence-corrected chi connectivity index (χ0v) is 14.4. The highest BCUT2D eigenvalue weighted by Gasteiger charge is 2.33. The zero-order chi connectivity index (χ0) is 18.0. The monoisotopic (exact) mass is 346 g/mol. The number of carbonyl (C=O) groups excluding carboxylic acids is 1. The fourth-order valence-electron chi connectivity index (χ4n) is 3.18. The average Bonchev–Trinajstić information content (AvgIpc) is 3.23. The van der Waals surface area contributed by atoms with Crippen LogP contribution in [-0.4, -0.2) is 43.4 Å². The number of furan rings is 1. The number of aromatic nitrogens is 3. The van der Waals surface area contributed by atoms with Gasteiger partial charge in [-0.15, -0.1) is 5.10 Å². The number of carboxylic acids is 1. The summed E-state index contributed by atoms with van der Waals surface area (Å²) in [7, 11) is 0. The first kappa shape index (κ1) is 17.2. The van der Waals surface area contributed by atoms with Gasteiger partial charge in [0.15, 0.2) is 5.69 Å². The van der Waals surface area contributed by atoms with Crippen LogP contribution in [0.1, 0.15) is 54.7 Å². The Morgan fingerprint density at radius 3 is 2.84 bits per heavy atom. The van der Waals surface area contributed by atoms with Crippen molar-refractivity contribution in [2.75, 3.05) is 6.54 Å². The Balaban J connectivity index is 1.76. The van der Waals surface area contributed by atoms with Gasteiger partial charge >= 0.3 is 5.97 Å². The van der Waals surface area contributed by atoms with E-state index in [1.807, 2.05) is 19.1 Å². The van der Waals surface area contributed by atoms with Crippen molar-refractivity contribution in [3.63, 3.8) is 0 Å². The van der Waals surface area contributed by atoms with E-state index in [4.69, 9.17) is 9.52 Å². The summed E-state index contributed by atoms with van der Waals surface area (Å²) < 4.78 is 7.14. The molecule has 0 unspecified atom stereocenters. The van der Waals surface area contributed by atoms with Gasteiger partial charge in [0.05, 0.1) is 12.2 Å². The fourth-order valence-corrected chi connectivity index (χ4v) is 3.18. The largest absolute Gasteiger partial charge is 0.476 e. The Bertz CT molecular complexity index is 766. The maximum Gasteiger partial charge on any atom is 0.358 e. The first-order chi connectivity index (χ1) is 12.0. The number of rotatable bonds is 5. The van der Waals surface area contributed by atoms with E-state index in [2.05, 4.69) is 17.2 Å². The average molecular weight is 346 g/mol. The molecule has 0 bridgehead atoms. The van der Waals surface area contributed by atoms with Crippen LogP contribution in [0.4, 0.5) is 0 Å². The van der Waals surface area contributed by atoms with Gasteiger partial charge in [0.25, 0.3) is 0 Å². The predicted octanol–water partition coefficient (Wildman–Crippen LogP) is 2.13. The summed E-state index contributed by atoms with van der Waals surface area (Å²) in [5.41, 5.74) is -0.171. The molecular weight excluding hydrogens is 324 g/mol. The van der Waals surface area contributed by atoms with Gasteiger partial charge in [-0.25, -0.2) is 9.48 Å². The molecule has 0 aromatic carbocycles. The molecule has 0 spiro atoms. The quantitative estimate of drug-likeness (QED) is 0.890. The van der Waals surface area contributed by atoms with Gasteiger partial charge in [0.1, 0.15) is 18.1 Å². The van der Waals surface area contributed by atoms with Crippen LogP contribution < -0.4 is 0 Å². The highest BCUT2D eigenvalue weighted by atomic mass is 16.4. The van der Waals surface area contributed by atoms with E-state index in [1.165, 1.54) is 10.9 Å². The van der Waals surface area contributed by atoms with Crippen LogP contribution in [0.2, 0.25) is 0 Å². The molecule has 3 heterocycles. The van der Waals surface area contributed by atoms with E-state index in [0.29, 0.717) is 12.5 Å². The van der Waals surface area contributed by atoms with Crippen LogP contribution >= 0.6 is 0 Å². The Morgan fingerprint density at radius 2 is 2.20 bits per heavy atom. The fraction of sp³-hybridized carbons (Fsp3) is 0.529. The van der Waals surface area contributed by atoms with Gasteiger partial charge in [-0.1, -0.05) is 19.1 Å². The Morgan fingerprint density at radius 1 is 1.40 bits per heavy atom. The summed E-state index contributed by atoms with van der Waals surface area (Å²) in [5.74, 6) is 0.943. The second-order valence-electron chi connectivity index (χ2n) is 6.50. The maximum absolute atomic E-state index is 12.8. The second-order valence-corrected chi connectivity index (χ2v) is 6.50. The summed E-state index contributed by atoms with van der Waals surface area (Å²) in [6.07, 6.45) is 3.86. The third-order valence-corrected chi connectivity index (χ3v) is 4.60. The highest BCUT2D eigenvalue weighted by Crippen LogP contribution is 2.35. The van der Waals surface area contributed by atoms with Gasteiger partial charge in [-0.2, -0.15) is 0 Å². The molecule has 2 aromatic rings. The SMILES string of the molecule is CCc1ccc([C@@H]2C[C@@H](C)CCN2C(=O)Cn2cc(C(=O)O)nn2)o1. The van der Waals surface area contributed by atoms with Gasteiger partial charge < -0.3 is 14.4 Å². The summed E-state index contributed by atoms with van der Waals surface area (Å²) in [6, 6.07) is 3.80. The van der Waals surface area contributed by atoms with Crippen LogP contribution in [0.5, 0.6) is 0 Å².